The lowest BCUT2D eigenvalue weighted by molar-refractivity contribution is -0.139. The van der Waals surface area contributed by atoms with Crippen molar-refractivity contribution in [2.45, 2.75) is 12.5 Å². The van der Waals surface area contributed by atoms with Gasteiger partial charge in [0.25, 0.3) is 5.91 Å². The Bertz CT molecular complexity index is 1240. The smallest absolute Gasteiger partial charge is 0.326 e. The maximum atomic E-state index is 12.7. The molecule has 6 heteroatoms. The van der Waals surface area contributed by atoms with Crippen LogP contribution >= 0.6 is 15.9 Å². The number of amides is 1. The summed E-state index contributed by atoms with van der Waals surface area (Å²) in [6.07, 6.45) is 1.78. The van der Waals surface area contributed by atoms with Crippen molar-refractivity contribution < 1.29 is 14.7 Å². The predicted octanol–water partition coefficient (Wildman–Crippen LogP) is 5.09. The summed E-state index contributed by atoms with van der Waals surface area (Å²) >= 11 is 3.41. The minimum Gasteiger partial charge on any atom is -0.480 e. The van der Waals surface area contributed by atoms with Crippen molar-refractivity contribution in [3.63, 3.8) is 0 Å². The highest BCUT2D eigenvalue weighted by molar-refractivity contribution is 9.10. The summed E-state index contributed by atoms with van der Waals surface area (Å²) in [5.74, 6) is -1.61. The number of halogens is 1. The first kappa shape index (κ1) is 20.8. The standard InChI is InChI=1S/C25H19BrN2O3/c26-21-11-10-19-14-22(27-15-20(19)13-21)24(29)28-23(25(30)31)12-16-6-8-18(9-7-16)17-4-2-1-3-5-17/h1-11,13-15,23H,12H2,(H,28,29)(H,30,31). The van der Waals surface area contributed by atoms with Crippen molar-refractivity contribution >= 4 is 38.6 Å². The highest BCUT2D eigenvalue weighted by Gasteiger charge is 2.22. The molecule has 0 radical (unpaired) electrons. The Balaban J connectivity index is 1.48. The average molecular weight is 475 g/mol. The normalized spacial score (nSPS) is 11.8. The third kappa shape index (κ3) is 4.98. The van der Waals surface area contributed by atoms with Crippen molar-refractivity contribution in [1.82, 2.24) is 10.3 Å². The van der Waals surface area contributed by atoms with Gasteiger partial charge in [0, 0.05) is 22.5 Å². The number of rotatable bonds is 6. The van der Waals surface area contributed by atoms with Gasteiger partial charge in [-0.2, -0.15) is 0 Å². The molecule has 1 heterocycles. The second-order valence-corrected chi connectivity index (χ2v) is 8.11. The van der Waals surface area contributed by atoms with Gasteiger partial charge in [0.05, 0.1) is 0 Å². The molecule has 2 N–H and O–H groups in total. The van der Waals surface area contributed by atoms with E-state index in [0.717, 1.165) is 31.9 Å². The summed E-state index contributed by atoms with van der Waals surface area (Å²) in [6, 6.07) is 23.9. The number of benzene rings is 3. The van der Waals surface area contributed by atoms with Crippen LogP contribution in [0.2, 0.25) is 0 Å². The maximum Gasteiger partial charge on any atom is 0.326 e. The van der Waals surface area contributed by atoms with Crippen LogP contribution in [0.4, 0.5) is 0 Å². The largest absolute Gasteiger partial charge is 0.480 e. The molecule has 5 nitrogen and oxygen atoms in total. The zero-order chi connectivity index (χ0) is 21.8. The Morgan fingerprint density at radius 1 is 0.903 bits per heavy atom. The van der Waals surface area contributed by atoms with Crippen LogP contribution in [0.1, 0.15) is 16.1 Å². The van der Waals surface area contributed by atoms with Crippen molar-refractivity contribution in [2.24, 2.45) is 0 Å². The first-order chi connectivity index (χ1) is 15.0. The van der Waals surface area contributed by atoms with Gasteiger partial charge < -0.3 is 10.4 Å². The minimum atomic E-state index is -1.09. The van der Waals surface area contributed by atoms with Crippen LogP contribution in [0.3, 0.4) is 0 Å². The van der Waals surface area contributed by atoms with Gasteiger partial charge in [0.15, 0.2) is 0 Å². The summed E-state index contributed by atoms with van der Waals surface area (Å²) in [6.45, 7) is 0. The van der Waals surface area contributed by atoms with Crippen LogP contribution in [0.5, 0.6) is 0 Å². The second-order valence-electron chi connectivity index (χ2n) is 7.19. The number of hydrogen-bond donors (Lipinski definition) is 2. The fourth-order valence-corrected chi connectivity index (χ4v) is 3.75. The lowest BCUT2D eigenvalue weighted by Gasteiger charge is -2.15. The Hall–Kier alpha value is -3.51. The molecule has 4 aromatic rings. The first-order valence-corrected chi connectivity index (χ1v) is 10.5. The highest BCUT2D eigenvalue weighted by Crippen LogP contribution is 2.21. The van der Waals surface area contributed by atoms with E-state index in [1.54, 1.807) is 12.3 Å². The van der Waals surface area contributed by atoms with E-state index in [2.05, 4.69) is 26.2 Å². The summed E-state index contributed by atoms with van der Waals surface area (Å²) in [7, 11) is 0. The Morgan fingerprint density at radius 2 is 1.61 bits per heavy atom. The molecule has 0 bridgehead atoms. The van der Waals surface area contributed by atoms with Gasteiger partial charge in [0.2, 0.25) is 0 Å². The van der Waals surface area contributed by atoms with Crippen LogP contribution in [0.25, 0.3) is 21.9 Å². The molecule has 1 unspecified atom stereocenters. The van der Waals surface area contributed by atoms with E-state index < -0.39 is 17.9 Å². The second kappa shape index (κ2) is 9.10. The van der Waals surface area contributed by atoms with Gasteiger partial charge >= 0.3 is 5.97 Å². The van der Waals surface area contributed by atoms with Crippen LogP contribution < -0.4 is 5.32 Å². The molecular formula is C25H19BrN2O3. The van der Waals surface area contributed by atoms with E-state index in [4.69, 9.17) is 0 Å². The molecule has 4 rings (SSSR count). The third-order valence-electron chi connectivity index (χ3n) is 5.02. The molecule has 3 aromatic carbocycles. The minimum absolute atomic E-state index is 0.177. The molecule has 0 saturated heterocycles. The molecule has 0 saturated carbocycles. The van der Waals surface area contributed by atoms with E-state index in [0.29, 0.717) is 0 Å². The van der Waals surface area contributed by atoms with Crippen LogP contribution in [0, 0.1) is 0 Å². The predicted molar refractivity (Wildman–Crippen MR) is 124 cm³/mol. The molecule has 31 heavy (non-hydrogen) atoms. The number of nitrogens with zero attached hydrogens (tertiary/aromatic N) is 1. The molecule has 0 spiro atoms. The first-order valence-electron chi connectivity index (χ1n) is 9.73. The van der Waals surface area contributed by atoms with Gasteiger partial charge in [-0.1, -0.05) is 76.6 Å². The number of carbonyl (C=O) groups is 2. The number of carboxylic acid groups (broad SMARTS) is 1. The molecule has 1 atom stereocenters. The quantitative estimate of drug-likeness (QED) is 0.407. The monoisotopic (exact) mass is 474 g/mol. The molecule has 154 valence electrons. The van der Waals surface area contributed by atoms with Gasteiger partial charge in [-0.05, 0) is 40.3 Å². The number of carbonyl (C=O) groups excluding carboxylic acids is 1. The number of carboxylic acids is 1. The molecule has 0 aliphatic rings. The van der Waals surface area contributed by atoms with E-state index in [1.165, 1.54) is 0 Å². The maximum absolute atomic E-state index is 12.7. The van der Waals surface area contributed by atoms with Gasteiger partial charge in [0.1, 0.15) is 11.7 Å². The SMILES string of the molecule is O=C(NC(Cc1ccc(-c2ccccc2)cc1)C(=O)O)c1cc2ccc(Br)cc2cn1. The molecule has 0 fully saturated rings. The summed E-state index contributed by atoms with van der Waals surface area (Å²) in [4.78, 5) is 28.6. The zero-order valence-corrected chi connectivity index (χ0v) is 18.0. The average Bonchev–Trinajstić information content (AvgIpc) is 2.79. The number of pyridine rings is 1. The third-order valence-corrected chi connectivity index (χ3v) is 5.51. The fourth-order valence-electron chi connectivity index (χ4n) is 3.37. The molecule has 0 aliphatic carbocycles. The lowest BCUT2D eigenvalue weighted by Crippen LogP contribution is -2.42. The van der Waals surface area contributed by atoms with Crippen molar-refractivity contribution in [3.05, 3.63) is 101 Å². The number of aliphatic carboxylic acids is 1. The number of nitrogens with one attached hydrogen (secondary N) is 1. The van der Waals surface area contributed by atoms with E-state index in [-0.39, 0.29) is 12.1 Å². The van der Waals surface area contributed by atoms with Crippen molar-refractivity contribution in [1.29, 1.82) is 0 Å². The van der Waals surface area contributed by atoms with Gasteiger partial charge in [-0.3, -0.25) is 9.78 Å². The van der Waals surface area contributed by atoms with Crippen LogP contribution in [-0.4, -0.2) is 28.0 Å². The number of fused-ring (bicyclic) bond motifs is 1. The van der Waals surface area contributed by atoms with Gasteiger partial charge in [-0.15, -0.1) is 0 Å². The fraction of sp³-hybridized carbons (Fsp3) is 0.0800. The molecule has 1 amide bonds. The van der Waals surface area contributed by atoms with Crippen molar-refractivity contribution in [2.75, 3.05) is 0 Å². The number of aromatic nitrogens is 1. The summed E-state index contributed by atoms with van der Waals surface area (Å²) in [5, 5.41) is 14.0. The van der Waals surface area contributed by atoms with Gasteiger partial charge in [-0.25, -0.2) is 4.79 Å². The Kier molecular flexibility index (Phi) is 6.09. The summed E-state index contributed by atoms with van der Waals surface area (Å²) < 4.78 is 0.920. The molecule has 0 aliphatic heterocycles. The summed E-state index contributed by atoms with van der Waals surface area (Å²) in [5.41, 5.74) is 3.14. The van der Waals surface area contributed by atoms with Crippen LogP contribution in [-0.2, 0) is 11.2 Å². The topological polar surface area (TPSA) is 79.3 Å². The Morgan fingerprint density at radius 3 is 2.32 bits per heavy atom. The van der Waals surface area contributed by atoms with Crippen molar-refractivity contribution in [3.8, 4) is 11.1 Å². The van der Waals surface area contributed by atoms with E-state index in [9.17, 15) is 14.7 Å². The highest BCUT2D eigenvalue weighted by atomic mass is 79.9. The van der Waals surface area contributed by atoms with E-state index >= 15 is 0 Å². The zero-order valence-electron chi connectivity index (χ0n) is 16.5. The lowest BCUT2D eigenvalue weighted by atomic mass is 10.0. The molecular weight excluding hydrogens is 456 g/mol. The molecule has 1 aromatic heterocycles. The number of hydrogen-bond acceptors (Lipinski definition) is 3. The van der Waals surface area contributed by atoms with Crippen LogP contribution in [0.15, 0.2) is 89.5 Å². The Labute approximate surface area is 187 Å². The van der Waals surface area contributed by atoms with E-state index in [1.807, 2.05) is 72.8 Å².